The molecule has 1 rings (SSSR count). The van der Waals surface area contributed by atoms with E-state index in [0.717, 1.165) is 0 Å². The van der Waals surface area contributed by atoms with Crippen LogP contribution >= 0.6 is 0 Å². The molecule has 0 saturated carbocycles. The average Bonchev–Trinajstić information content (AvgIpc) is 1.87. The Balaban J connectivity index is 0.000000490. The Labute approximate surface area is 74.4 Å². The topological polar surface area (TPSA) is 8.81 Å². The molecular formula is C5H9N2Y+. The number of aromatic nitrogens is 2. The van der Waals surface area contributed by atoms with E-state index >= 15 is 0 Å². The van der Waals surface area contributed by atoms with Crippen molar-refractivity contribution in [2.45, 2.75) is 0 Å². The Bertz CT molecular complexity index is 143. The normalized spacial score (nSPS) is 8.25. The predicted molar refractivity (Wildman–Crippen MR) is 26.6 cm³/mol. The molecule has 0 fully saturated rings. The molecule has 3 heteroatoms. The second-order valence-electron chi connectivity index (χ2n) is 1.74. The first-order valence-corrected chi connectivity index (χ1v) is 2.26. The second kappa shape index (κ2) is 3.36. The Morgan fingerprint density at radius 1 is 1.50 bits per heavy atom. The molecule has 0 atom stereocenters. The van der Waals surface area contributed by atoms with Gasteiger partial charge in [0.2, 0.25) is 6.33 Å². The third-order valence-corrected chi connectivity index (χ3v) is 0.901. The van der Waals surface area contributed by atoms with Crippen molar-refractivity contribution in [2.24, 2.45) is 14.1 Å². The van der Waals surface area contributed by atoms with Crippen LogP contribution in [0.2, 0.25) is 0 Å². The number of rotatable bonds is 0. The first-order chi connectivity index (χ1) is 3.29. The standard InChI is InChI=1S/C5H9N2.Y/c1-6-3-4-7(2)5-6;/h3-5H,1-2H3;/q+1;. The number of hydrogen-bond donors (Lipinski definition) is 0. The molecule has 1 aromatic rings. The third-order valence-electron chi connectivity index (χ3n) is 0.901. The monoisotopic (exact) mass is 186 g/mol. The summed E-state index contributed by atoms with van der Waals surface area (Å²) in [5.74, 6) is 0. The minimum Gasteiger partial charge on any atom is -0.240 e. The minimum absolute atomic E-state index is 0. The molecule has 0 N–H and O–H groups in total. The molecule has 0 aliphatic rings. The largest absolute Gasteiger partial charge is 0.243 e. The van der Waals surface area contributed by atoms with Crippen molar-refractivity contribution >= 4 is 0 Å². The van der Waals surface area contributed by atoms with Crippen molar-refractivity contribution in [3.05, 3.63) is 18.7 Å². The van der Waals surface area contributed by atoms with Crippen LogP contribution in [-0.4, -0.2) is 4.57 Å². The van der Waals surface area contributed by atoms with Crippen LogP contribution in [0, 0.1) is 0 Å². The van der Waals surface area contributed by atoms with E-state index in [0.29, 0.717) is 0 Å². The van der Waals surface area contributed by atoms with Gasteiger partial charge in [0.15, 0.2) is 0 Å². The van der Waals surface area contributed by atoms with Gasteiger partial charge >= 0.3 is 0 Å². The maximum absolute atomic E-state index is 2.00. The Morgan fingerprint density at radius 2 is 2.12 bits per heavy atom. The van der Waals surface area contributed by atoms with Gasteiger partial charge in [0.25, 0.3) is 0 Å². The van der Waals surface area contributed by atoms with Crippen LogP contribution in [0.15, 0.2) is 18.7 Å². The molecule has 0 aromatic carbocycles. The molecular weight excluding hydrogens is 177 g/mol. The first kappa shape index (κ1) is 8.31. The molecule has 2 nitrogen and oxygen atoms in total. The summed E-state index contributed by atoms with van der Waals surface area (Å²) in [6, 6.07) is 0. The smallest absolute Gasteiger partial charge is 0.240 e. The predicted octanol–water partition coefficient (Wildman–Crippen LogP) is -0.153. The van der Waals surface area contributed by atoms with E-state index < -0.39 is 0 Å². The van der Waals surface area contributed by atoms with E-state index in [1.54, 1.807) is 0 Å². The van der Waals surface area contributed by atoms with E-state index in [2.05, 4.69) is 0 Å². The van der Waals surface area contributed by atoms with Crippen molar-refractivity contribution in [3.8, 4) is 0 Å². The van der Waals surface area contributed by atoms with Crippen LogP contribution < -0.4 is 4.57 Å². The van der Waals surface area contributed by atoms with E-state index in [-0.39, 0.29) is 32.7 Å². The zero-order valence-corrected chi connectivity index (χ0v) is 8.04. The molecule has 0 bridgehead atoms. The zero-order valence-electron chi connectivity index (χ0n) is 5.20. The van der Waals surface area contributed by atoms with Gasteiger partial charge in [0.1, 0.15) is 12.4 Å². The minimum atomic E-state index is 0. The molecule has 1 radical (unpaired) electrons. The van der Waals surface area contributed by atoms with Gasteiger partial charge in [0, 0.05) is 32.7 Å². The number of imidazole rings is 1. The molecule has 0 spiro atoms. The molecule has 0 amide bonds. The molecule has 0 unspecified atom stereocenters. The molecule has 41 valence electrons. The van der Waals surface area contributed by atoms with Gasteiger partial charge in [-0.25, -0.2) is 9.13 Å². The van der Waals surface area contributed by atoms with Crippen molar-refractivity contribution < 1.29 is 37.3 Å². The summed E-state index contributed by atoms with van der Waals surface area (Å²) < 4.78 is 4.00. The van der Waals surface area contributed by atoms with Gasteiger partial charge in [-0.2, -0.15) is 0 Å². The van der Waals surface area contributed by atoms with E-state index in [1.807, 2.05) is 42.0 Å². The van der Waals surface area contributed by atoms with Crippen LogP contribution in [-0.2, 0) is 46.8 Å². The summed E-state index contributed by atoms with van der Waals surface area (Å²) >= 11 is 0. The fourth-order valence-electron chi connectivity index (χ4n) is 0.575. The van der Waals surface area contributed by atoms with Gasteiger partial charge in [-0.1, -0.05) is 0 Å². The maximum atomic E-state index is 2.00. The van der Waals surface area contributed by atoms with Gasteiger partial charge < -0.3 is 0 Å². The zero-order chi connectivity index (χ0) is 5.28. The molecule has 1 aromatic heterocycles. The fourth-order valence-corrected chi connectivity index (χ4v) is 0.575. The van der Waals surface area contributed by atoms with Crippen molar-refractivity contribution in [1.29, 1.82) is 0 Å². The van der Waals surface area contributed by atoms with Crippen molar-refractivity contribution in [3.63, 3.8) is 0 Å². The molecule has 0 saturated heterocycles. The van der Waals surface area contributed by atoms with E-state index in [1.165, 1.54) is 0 Å². The molecule has 0 aliphatic carbocycles. The van der Waals surface area contributed by atoms with Crippen LogP contribution in [0.5, 0.6) is 0 Å². The van der Waals surface area contributed by atoms with Crippen molar-refractivity contribution in [2.75, 3.05) is 0 Å². The van der Waals surface area contributed by atoms with Crippen LogP contribution in [0.3, 0.4) is 0 Å². The third kappa shape index (κ3) is 2.06. The van der Waals surface area contributed by atoms with Crippen LogP contribution in [0.25, 0.3) is 0 Å². The van der Waals surface area contributed by atoms with E-state index in [4.69, 9.17) is 0 Å². The average molecular weight is 186 g/mol. The number of hydrogen-bond acceptors (Lipinski definition) is 0. The maximum Gasteiger partial charge on any atom is 0.243 e. The van der Waals surface area contributed by atoms with Crippen LogP contribution in [0.4, 0.5) is 0 Å². The van der Waals surface area contributed by atoms with Crippen molar-refractivity contribution in [1.82, 2.24) is 4.57 Å². The summed E-state index contributed by atoms with van der Waals surface area (Å²) in [7, 11) is 4.00. The summed E-state index contributed by atoms with van der Waals surface area (Å²) in [4.78, 5) is 0. The SMILES string of the molecule is Cn1cc[n+](C)c1.[Y]. The Morgan fingerprint density at radius 3 is 2.25 bits per heavy atom. The number of nitrogens with zero attached hydrogens (tertiary/aromatic N) is 2. The molecule has 8 heavy (non-hydrogen) atoms. The second-order valence-corrected chi connectivity index (χ2v) is 1.74. The van der Waals surface area contributed by atoms with Gasteiger partial charge in [-0.3, -0.25) is 0 Å². The van der Waals surface area contributed by atoms with E-state index in [9.17, 15) is 0 Å². The summed E-state index contributed by atoms with van der Waals surface area (Å²) in [5.41, 5.74) is 0. The Hall–Kier alpha value is 0.314. The summed E-state index contributed by atoms with van der Waals surface area (Å²) in [5, 5.41) is 0. The fraction of sp³-hybridized carbons (Fsp3) is 0.400. The number of aryl methyl sites for hydroxylation is 2. The van der Waals surface area contributed by atoms with Gasteiger partial charge in [-0.05, 0) is 0 Å². The van der Waals surface area contributed by atoms with Gasteiger partial charge in [-0.15, -0.1) is 0 Å². The van der Waals surface area contributed by atoms with Gasteiger partial charge in [0.05, 0.1) is 14.1 Å². The first-order valence-electron chi connectivity index (χ1n) is 2.26. The summed E-state index contributed by atoms with van der Waals surface area (Å²) in [6.45, 7) is 0. The molecule has 1 heterocycles. The Kier molecular flexibility index (Phi) is 3.49. The van der Waals surface area contributed by atoms with Crippen LogP contribution in [0.1, 0.15) is 0 Å². The quantitative estimate of drug-likeness (QED) is 0.498. The molecule has 0 aliphatic heterocycles. The summed E-state index contributed by atoms with van der Waals surface area (Å²) in [6.07, 6.45) is 6.00.